The minimum absolute atomic E-state index is 0.815. The largest absolute Gasteiger partial charge is 0.496 e. The maximum atomic E-state index is 5.19. The lowest BCUT2D eigenvalue weighted by molar-refractivity contribution is 0.412. The van der Waals surface area contributed by atoms with Gasteiger partial charge in [0.1, 0.15) is 5.75 Å². The van der Waals surface area contributed by atoms with Gasteiger partial charge in [0.25, 0.3) is 0 Å². The average molecular weight is 268 g/mol. The standard InChI is InChI=1S/C12H14BrNO/c1-14-8-4-3-5-10-6-7-11(13)12(9-10)15-2/h6-7,9,14H,4,8H2,1-2H3. The van der Waals surface area contributed by atoms with Crippen LogP contribution in [0.3, 0.4) is 0 Å². The van der Waals surface area contributed by atoms with E-state index in [2.05, 4.69) is 33.1 Å². The average Bonchev–Trinajstić information content (AvgIpc) is 2.26. The van der Waals surface area contributed by atoms with Crippen LogP contribution in [0.15, 0.2) is 22.7 Å². The number of ether oxygens (including phenoxy) is 1. The van der Waals surface area contributed by atoms with Gasteiger partial charge in [-0.15, -0.1) is 0 Å². The van der Waals surface area contributed by atoms with E-state index in [0.717, 1.165) is 28.8 Å². The topological polar surface area (TPSA) is 21.3 Å². The smallest absolute Gasteiger partial charge is 0.134 e. The van der Waals surface area contributed by atoms with E-state index in [1.165, 1.54) is 0 Å². The molecule has 1 aromatic carbocycles. The summed E-state index contributed by atoms with van der Waals surface area (Å²) in [4.78, 5) is 0. The highest BCUT2D eigenvalue weighted by Crippen LogP contribution is 2.25. The van der Waals surface area contributed by atoms with E-state index in [1.807, 2.05) is 25.2 Å². The molecule has 0 saturated carbocycles. The second-order valence-corrected chi connectivity index (χ2v) is 3.86. The van der Waals surface area contributed by atoms with E-state index in [4.69, 9.17) is 4.74 Å². The van der Waals surface area contributed by atoms with Gasteiger partial charge < -0.3 is 10.1 Å². The lowest BCUT2D eigenvalue weighted by Gasteiger charge is -2.02. The lowest BCUT2D eigenvalue weighted by atomic mass is 10.2. The van der Waals surface area contributed by atoms with E-state index in [9.17, 15) is 0 Å². The third kappa shape index (κ3) is 3.94. The summed E-state index contributed by atoms with van der Waals surface area (Å²) in [6.07, 6.45) is 0.856. The van der Waals surface area contributed by atoms with Gasteiger partial charge in [-0.25, -0.2) is 0 Å². The normalized spacial score (nSPS) is 9.27. The van der Waals surface area contributed by atoms with Crippen molar-refractivity contribution in [1.82, 2.24) is 5.32 Å². The molecule has 1 N–H and O–H groups in total. The lowest BCUT2D eigenvalue weighted by Crippen LogP contribution is -2.05. The number of rotatable bonds is 3. The molecule has 0 radical (unpaired) electrons. The van der Waals surface area contributed by atoms with Gasteiger partial charge in [0.2, 0.25) is 0 Å². The highest BCUT2D eigenvalue weighted by atomic mass is 79.9. The maximum Gasteiger partial charge on any atom is 0.134 e. The maximum absolute atomic E-state index is 5.19. The van der Waals surface area contributed by atoms with E-state index in [-0.39, 0.29) is 0 Å². The molecule has 0 spiro atoms. The van der Waals surface area contributed by atoms with Crippen LogP contribution >= 0.6 is 15.9 Å². The molecule has 0 aliphatic carbocycles. The molecule has 0 aliphatic rings. The first-order valence-electron chi connectivity index (χ1n) is 4.75. The van der Waals surface area contributed by atoms with Crippen molar-refractivity contribution in [1.29, 1.82) is 0 Å². The highest BCUT2D eigenvalue weighted by molar-refractivity contribution is 9.10. The molecule has 2 nitrogen and oxygen atoms in total. The first kappa shape index (κ1) is 12.1. The molecule has 1 rings (SSSR count). The van der Waals surface area contributed by atoms with Gasteiger partial charge in [-0.05, 0) is 41.2 Å². The molecular weight excluding hydrogens is 254 g/mol. The Morgan fingerprint density at radius 1 is 1.47 bits per heavy atom. The first-order valence-corrected chi connectivity index (χ1v) is 5.54. The second-order valence-electron chi connectivity index (χ2n) is 3.00. The van der Waals surface area contributed by atoms with Crippen LogP contribution in [0.25, 0.3) is 0 Å². The molecule has 0 amide bonds. The second kappa shape index (κ2) is 6.49. The van der Waals surface area contributed by atoms with Crippen molar-refractivity contribution in [3.63, 3.8) is 0 Å². The van der Waals surface area contributed by atoms with E-state index in [0.29, 0.717) is 0 Å². The van der Waals surface area contributed by atoms with Crippen molar-refractivity contribution in [2.24, 2.45) is 0 Å². The Labute approximate surface area is 99.2 Å². The van der Waals surface area contributed by atoms with Gasteiger partial charge in [-0.1, -0.05) is 11.8 Å². The summed E-state index contributed by atoms with van der Waals surface area (Å²) < 4.78 is 6.14. The quantitative estimate of drug-likeness (QED) is 0.671. The van der Waals surface area contributed by atoms with Gasteiger partial charge in [-0.3, -0.25) is 0 Å². The van der Waals surface area contributed by atoms with E-state index in [1.54, 1.807) is 7.11 Å². The number of hydrogen-bond donors (Lipinski definition) is 1. The minimum atomic E-state index is 0.815. The number of hydrogen-bond acceptors (Lipinski definition) is 2. The van der Waals surface area contributed by atoms with Gasteiger partial charge in [0.05, 0.1) is 11.6 Å². The number of halogens is 1. The monoisotopic (exact) mass is 267 g/mol. The summed E-state index contributed by atoms with van der Waals surface area (Å²) in [6.45, 7) is 0.917. The molecule has 15 heavy (non-hydrogen) atoms. The van der Waals surface area contributed by atoms with Crippen LogP contribution in [-0.2, 0) is 0 Å². The molecule has 0 aromatic heterocycles. The number of benzene rings is 1. The zero-order chi connectivity index (χ0) is 11.1. The summed E-state index contributed by atoms with van der Waals surface area (Å²) in [5.41, 5.74) is 0.978. The molecule has 0 atom stereocenters. The van der Waals surface area contributed by atoms with Gasteiger partial charge in [-0.2, -0.15) is 0 Å². The van der Waals surface area contributed by atoms with Crippen molar-refractivity contribution in [3.05, 3.63) is 28.2 Å². The molecule has 80 valence electrons. The fraction of sp³-hybridized carbons (Fsp3) is 0.333. The Morgan fingerprint density at radius 2 is 2.27 bits per heavy atom. The molecule has 0 saturated heterocycles. The van der Waals surface area contributed by atoms with Crippen LogP contribution < -0.4 is 10.1 Å². The van der Waals surface area contributed by atoms with Crippen LogP contribution in [0.2, 0.25) is 0 Å². The molecular formula is C12H14BrNO. The Balaban J connectivity index is 2.72. The molecule has 0 aliphatic heterocycles. The summed E-state index contributed by atoms with van der Waals surface area (Å²) in [7, 11) is 3.57. The third-order valence-electron chi connectivity index (χ3n) is 1.88. The van der Waals surface area contributed by atoms with Crippen molar-refractivity contribution < 1.29 is 4.74 Å². The van der Waals surface area contributed by atoms with Crippen molar-refractivity contribution in [2.45, 2.75) is 6.42 Å². The molecule has 0 bridgehead atoms. The fourth-order valence-corrected chi connectivity index (χ4v) is 1.50. The molecule has 0 fully saturated rings. The van der Waals surface area contributed by atoms with Crippen molar-refractivity contribution >= 4 is 15.9 Å². The summed E-state index contributed by atoms with van der Waals surface area (Å²) in [6, 6.07) is 5.84. The minimum Gasteiger partial charge on any atom is -0.496 e. The van der Waals surface area contributed by atoms with Crippen LogP contribution in [-0.4, -0.2) is 20.7 Å². The van der Waals surface area contributed by atoms with Gasteiger partial charge in [0, 0.05) is 18.5 Å². The molecule has 0 unspecified atom stereocenters. The zero-order valence-electron chi connectivity index (χ0n) is 8.93. The van der Waals surface area contributed by atoms with Crippen molar-refractivity contribution in [2.75, 3.05) is 20.7 Å². The van der Waals surface area contributed by atoms with E-state index >= 15 is 0 Å². The highest BCUT2D eigenvalue weighted by Gasteiger charge is 1.98. The third-order valence-corrected chi connectivity index (χ3v) is 2.54. The molecule has 1 aromatic rings. The summed E-state index contributed by atoms with van der Waals surface area (Å²) >= 11 is 3.40. The zero-order valence-corrected chi connectivity index (χ0v) is 10.5. The van der Waals surface area contributed by atoms with Crippen LogP contribution in [0.4, 0.5) is 0 Å². The Kier molecular flexibility index (Phi) is 5.23. The SMILES string of the molecule is CNCCC#Cc1ccc(Br)c(OC)c1. The van der Waals surface area contributed by atoms with Crippen molar-refractivity contribution in [3.8, 4) is 17.6 Å². The number of methoxy groups -OCH3 is 1. The predicted octanol–water partition coefficient (Wildman–Crippen LogP) is 2.42. The first-order chi connectivity index (χ1) is 7.27. The van der Waals surface area contributed by atoms with Crippen LogP contribution in [0.1, 0.15) is 12.0 Å². The summed E-state index contributed by atoms with van der Waals surface area (Å²) in [5.74, 6) is 7.00. The molecule has 0 heterocycles. The molecule has 3 heteroatoms. The van der Waals surface area contributed by atoms with Gasteiger partial charge in [0.15, 0.2) is 0 Å². The Morgan fingerprint density at radius 3 is 2.93 bits per heavy atom. The van der Waals surface area contributed by atoms with Gasteiger partial charge >= 0.3 is 0 Å². The number of nitrogens with one attached hydrogen (secondary N) is 1. The predicted molar refractivity (Wildman–Crippen MR) is 66.1 cm³/mol. The Hall–Kier alpha value is -0.980. The fourth-order valence-electron chi connectivity index (χ4n) is 1.09. The van der Waals surface area contributed by atoms with Crippen LogP contribution in [0, 0.1) is 11.8 Å². The Bertz CT molecular complexity index is 379. The van der Waals surface area contributed by atoms with Crippen LogP contribution in [0.5, 0.6) is 5.75 Å². The summed E-state index contributed by atoms with van der Waals surface area (Å²) in [5, 5.41) is 3.05. The van der Waals surface area contributed by atoms with E-state index < -0.39 is 0 Å².